The molecule has 2 aromatic rings. The third-order valence-electron chi connectivity index (χ3n) is 5.41. The van der Waals surface area contributed by atoms with Crippen molar-refractivity contribution in [2.75, 3.05) is 17.2 Å². The molecule has 5 heteroatoms. The molecule has 2 aliphatic heterocycles. The highest BCUT2D eigenvalue weighted by molar-refractivity contribution is 8.01. The fourth-order valence-corrected chi connectivity index (χ4v) is 5.48. The van der Waals surface area contributed by atoms with Crippen molar-refractivity contribution < 1.29 is 9.59 Å². The Hall–Kier alpha value is -2.27. The van der Waals surface area contributed by atoms with Gasteiger partial charge in [0.2, 0.25) is 5.91 Å². The number of aryl methyl sites for hydroxylation is 2. The van der Waals surface area contributed by atoms with E-state index in [9.17, 15) is 9.59 Å². The number of hydrogen-bond acceptors (Lipinski definition) is 3. The summed E-state index contributed by atoms with van der Waals surface area (Å²) in [5.74, 6) is 0.828. The zero-order chi connectivity index (χ0) is 19.2. The van der Waals surface area contributed by atoms with Crippen LogP contribution in [0.3, 0.4) is 0 Å². The van der Waals surface area contributed by atoms with Crippen molar-refractivity contribution >= 4 is 29.3 Å². The first-order valence-electron chi connectivity index (χ1n) is 9.40. The summed E-state index contributed by atoms with van der Waals surface area (Å²) in [4.78, 5) is 29.1. The van der Waals surface area contributed by atoms with E-state index in [1.165, 1.54) is 5.56 Å². The third kappa shape index (κ3) is 2.76. The average Bonchev–Trinajstić information content (AvgIpc) is 3.20. The Morgan fingerprint density at radius 3 is 2.52 bits per heavy atom. The van der Waals surface area contributed by atoms with Crippen LogP contribution in [0.25, 0.3) is 0 Å². The van der Waals surface area contributed by atoms with Gasteiger partial charge in [0.15, 0.2) is 4.87 Å². The van der Waals surface area contributed by atoms with Gasteiger partial charge in [0.1, 0.15) is 0 Å². The summed E-state index contributed by atoms with van der Waals surface area (Å²) >= 11 is 1.59. The molecule has 1 spiro atoms. The van der Waals surface area contributed by atoms with E-state index in [2.05, 4.69) is 37.3 Å². The van der Waals surface area contributed by atoms with Crippen LogP contribution in [-0.4, -0.2) is 29.0 Å². The van der Waals surface area contributed by atoms with E-state index in [-0.39, 0.29) is 11.8 Å². The van der Waals surface area contributed by atoms with Gasteiger partial charge >= 0.3 is 0 Å². The summed E-state index contributed by atoms with van der Waals surface area (Å²) in [7, 11) is 0. The van der Waals surface area contributed by atoms with Gasteiger partial charge in [-0.3, -0.25) is 9.59 Å². The van der Waals surface area contributed by atoms with Crippen LogP contribution in [0.2, 0.25) is 0 Å². The summed E-state index contributed by atoms with van der Waals surface area (Å²) in [6, 6.07) is 14.4. The Labute approximate surface area is 164 Å². The van der Waals surface area contributed by atoms with Crippen molar-refractivity contribution in [2.45, 2.75) is 38.6 Å². The van der Waals surface area contributed by atoms with Crippen molar-refractivity contribution in [3.05, 3.63) is 64.7 Å². The van der Waals surface area contributed by atoms with E-state index in [1.54, 1.807) is 16.7 Å². The SMILES string of the molecule is CCC(=O)N1CCS[C@]12C(=O)N(Cc1ccc(C)cc1)c1ccc(C)cc12. The number of fused-ring (bicyclic) bond motifs is 2. The molecule has 0 aliphatic carbocycles. The van der Waals surface area contributed by atoms with Crippen molar-refractivity contribution in [1.82, 2.24) is 4.90 Å². The van der Waals surface area contributed by atoms with Crippen molar-refractivity contribution in [2.24, 2.45) is 0 Å². The van der Waals surface area contributed by atoms with Crippen LogP contribution in [-0.2, 0) is 21.0 Å². The lowest BCUT2D eigenvalue weighted by Crippen LogP contribution is -2.50. The van der Waals surface area contributed by atoms with Crippen LogP contribution < -0.4 is 4.90 Å². The molecule has 0 aromatic heterocycles. The van der Waals surface area contributed by atoms with Gasteiger partial charge in [0.05, 0.1) is 12.2 Å². The number of carbonyl (C=O) groups excluding carboxylic acids is 2. The number of carbonyl (C=O) groups is 2. The number of nitrogens with zero attached hydrogens (tertiary/aromatic N) is 2. The fraction of sp³-hybridized carbons (Fsp3) is 0.364. The van der Waals surface area contributed by atoms with E-state index < -0.39 is 4.87 Å². The zero-order valence-corrected chi connectivity index (χ0v) is 16.8. The van der Waals surface area contributed by atoms with Crippen molar-refractivity contribution in [3.8, 4) is 0 Å². The van der Waals surface area contributed by atoms with Crippen LogP contribution in [0, 0.1) is 13.8 Å². The minimum Gasteiger partial charge on any atom is -0.315 e. The molecule has 140 valence electrons. The molecule has 1 fully saturated rings. The Morgan fingerprint density at radius 2 is 1.81 bits per heavy atom. The molecule has 2 aliphatic rings. The highest BCUT2D eigenvalue weighted by Gasteiger charge is 2.59. The van der Waals surface area contributed by atoms with E-state index in [4.69, 9.17) is 0 Å². The molecule has 2 heterocycles. The molecule has 0 unspecified atom stereocenters. The quantitative estimate of drug-likeness (QED) is 0.808. The normalized spacial score (nSPS) is 21.2. The summed E-state index contributed by atoms with van der Waals surface area (Å²) < 4.78 is 0. The summed E-state index contributed by atoms with van der Waals surface area (Å²) in [6.07, 6.45) is 0.411. The Kier molecular flexibility index (Phi) is 4.50. The Bertz CT molecular complexity index is 909. The van der Waals surface area contributed by atoms with Crippen LogP contribution in [0.1, 0.15) is 35.6 Å². The second kappa shape index (κ2) is 6.71. The van der Waals surface area contributed by atoms with Gasteiger partial charge in [0, 0.05) is 24.3 Å². The molecule has 1 atom stereocenters. The minimum absolute atomic E-state index is 0.00738. The monoisotopic (exact) mass is 380 g/mol. The predicted octanol–water partition coefficient (Wildman–Crippen LogP) is 3.99. The first-order valence-corrected chi connectivity index (χ1v) is 10.4. The van der Waals surface area contributed by atoms with Crippen LogP contribution in [0.5, 0.6) is 0 Å². The molecular weight excluding hydrogens is 356 g/mol. The van der Waals surface area contributed by atoms with Gasteiger partial charge in [-0.25, -0.2) is 0 Å². The maximum absolute atomic E-state index is 13.7. The van der Waals surface area contributed by atoms with Crippen LogP contribution in [0.15, 0.2) is 42.5 Å². The molecular formula is C22H24N2O2S. The molecule has 2 amide bonds. The minimum atomic E-state index is -0.904. The number of benzene rings is 2. The smallest absolute Gasteiger partial charge is 0.268 e. The molecule has 27 heavy (non-hydrogen) atoms. The third-order valence-corrected chi connectivity index (χ3v) is 6.83. The number of rotatable bonds is 3. The lowest BCUT2D eigenvalue weighted by Gasteiger charge is -2.33. The number of thioether (sulfide) groups is 1. The molecule has 4 rings (SSSR count). The van der Waals surface area contributed by atoms with E-state index >= 15 is 0 Å². The summed E-state index contributed by atoms with van der Waals surface area (Å²) in [5, 5.41) is 0. The molecule has 1 saturated heterocycles. The second-order valence-corrected chi connectivity index (χ2v) is 8.58. The molecule has 0 N–H and O–H groups in total. The highest BCUT2D eigenvalue weighted by atomic mass is 32.2. The lowest BCUT2D eigenvalue weighted by atomic mass is 10.0. The largest absolute Gasteiger partial charge is 0.315 e. The maximum atomic E-state index is 13.7. The first-order chi connectivity index (χ1) is 13.0. The summed E-state index contributed by atoms with van der Waals surface area (Å²) in [6.45, 7) is 7.09. The molecule has 4 nitrogen and oxygen atoms in total. The molecule has 0 bridgehead atoms. The van der Waals surface area contributed by atoms with Crippen molar-refractivity contribution in [1.29, 1.82) is 0 Å². The number of hydrogen-bond donors (Lipinski definition) is 0. The van der Waals surface area contributed by atoms with E-state index in [1.807, 2.05) is 30.9 Å². The molecule has 0 radical (unpaired) electrons. The van der Waals surface area contributed by atoms with Crippen molar-refractivity contribution in [3.63, 3.8) is 0 Å². The van der Waals surface area contributed by atoms with Gasteiger partial charge in [0.25, 0.3) is 5.91 Å². The zero-order valence-electron chi connectivity index (χ0n) is 16.0. The van der Waals surface area contributed by atoms with Gasteiger partial charge < -0.3 is 9.80 Å². The van der Waals surface area contributed by atoms with Gasteiger partial charge in [-0.05, 0) is 25.5 Å². The van der Waals surface area contributed by atoms with Crippen LogP contribution >= 0.6 is 11.8 Å². The number of anilines is 1. The van der Waals surface area contributed by atoms with Gasteiger partial charge in [-0.1, -0.05) is 54.4 Å². The number of amides is 2. The second-order valence-electron chi connectivity index (χ2n) is 7.29. The summed E-state index contributed by atoms with van der Waals surface area (Å²) in [5.41, 5.74) is 5.28. The first kappa shape index (κ1) is 18.1. The maximum Gasteiger partial charge on any atom is 0.268 e. The lowest BCUT2D eigenvalue weighted by molar-refractivity contribution is -0.139. The molecule has 2 aromatic carbocycles. The Balaban J connectivity index is 1.81. The standard InChI is InChI=1S/C22H24N2O2S/c1-4-20(25)24-11-12-27-22(24)18-13-16(3)7-10-19(18)23(21(22)26)14-17-8-5-15(2)6-9-17/h5-10,13H,4,11-12,14H2,1-3H3/t22-/m1/s1. The fourth-order valence-electron chi connectivity index (χ4n) is 4.01. The molecule has 0 saturated carbocycles. The Morgan fingerprint density at radius 1 is 1.11 bits per heavy atom. The van der Waals surface area contributed by atoms with E-state index in [0.29, 0.717) is 19.5 Å². The van der Waals surface area contributed by atoms with Crippen LogP contribution in [0.4, 0.5) is 5.69 Å². The average molecular weight is 381 g/mol. The van der Waals surface area contributed by atoms with E-state index in [0.717, 1.165) is 28.1 Å². The predicted molar refractivity (Wildman–Crippen MR) is 110 cm³/mol. The van der Waals surface area contributed by atoms with Gasteiger partial charge in [-0.2, -0.15) is 0 Å². The topological polar surface area (TPSA) is 40.6 Å². The highest BCUT2D eigenvalue weighted by Crippen LogP contribution is 2.54. The van der Waals surface area contributed by atoms with Gasteiger partial charge in [-0.15, -0.1) is 11.8 Å².